The molecule has 0 aliphatic heterocycles. The van der Waals surface area contributed by atoms with Crippen LogP contribution in [-0.4, -0.2) is 22.0 Å². The highest BCUT2D eigenvalue weighted by molar-refractivity contribution is 7.07. The Morgan fingerprint density at radius 2 is 1.88 bits per heavy atom. The maximum absolute atomic E-state index is 8.96. The summed E-state index contributed by atoms with van der Waals surface area (Å²) in [5.41, 5.74) is 5.18. The van der Waals surface area contributed by atoms with E-state index >= 15 is 0 Å². The first-order valence-electron chi connectivity index (χ1n) is 5.52. The van der Waals surface area contributed by atoms with Gasteiger partial charge in [-0.2, -0.15) is 0 Å². The highest BCUT2D eigenvalue weighted by Crippen LogP contribution is 2.09. The Morgan fingerprint density at radius 3 is 2.47 bits per heavy atom. The van der Waals surface area contributed by atoms with Crippen LogP contribution < -0.4 is 0 Å². The number of aliphatic hydroxyl groups is 1. The van der Waals surface area contributed by atoms with Crippen LogP contribution in [-0.2, 0) is 19.7 Å². The molecule has 1 heterocycles. The summed E-state index contributed by atoms with van der Waals surface area (Å²) in [6, 6.07) is 8.05. The molecule has 2 rings (SSSR count). The number of benzene rings is 1. The zero-order valence-electron chi connectivity index (χ0n) is 9.84. The van der Waals surface area contributed by atoms with Crippen LogP contribution in [0, 0.1) is 0 Å². The molecular formula is C13H16N2OS. The second kappa shape index (κ2) is 5.91. The molecule has 0 unspecified atom stereocenters. The first-order valence-corrected chi connectivity index (χ1v) is 6.46. The van der Waals surface area contributed by atoms with E-state index in [4.69, 9.17) is 5.11 Å². The third-order valence-electron chi connectivity index (χ3n) is 2.57. The molecular weight excluding hydrogens is 232 g/mol. The Kier molecular flexibility index (Phi) is 4.25. The molecule has 0 aliphatic carbocycles. The topological polar surface area (TPSA) is 36.4 Å². The Balaban J connectivity index is 1.91. The fourth-order valence-electron chi connectivity index (χ4n) is 1.71. The minimum absolute atomic E-state index is 0.106. The standard InChI is InChI=1S/C13H16N2OS/c1-15(7-13-9-17-10-14-13)6-11-2-4-12(8-16)5-3-11/h2-5,9-10,16H,6-8H2,1H3. The summed E-state index contributed by atoms with van der Waals surface area (Å²) < 4.78 is 0. The van der Waals surface area contributed by atoms with E-state index in [1.54, 1.807) is 11.3 Å². The lowest BCUT2D eigenvalue weighted by atomic mass is 10.1. The maximum atomic E-state index is 8.96. The van der Waals surface area contributed by atoms with E-state index in [0.29, 0.717) is 0 Å². The van der Waals surface area contributed by atoms with Crippen molar-refractivity contribution in [1.29, 1.82) is 0 Å². The number of thiazole rings is 1. The number of hydrogen-bond acceptors (Lipinski definition) is 4. The van der Waals surface area contributed by atoms with Crippen molar-refractivity contribution in [3.63, 3.8) is 0 Å². The molecule has 17 heavy (non-hydrogen) atoms. The molecule has 2 aromatic rings. The number of rotatable bonds is 5. The van der Waals surface area contributed by atoms with Crippen molar-refractivity contribution in [3.05, 3.63) is 52.0 Å². The molecule has 0 bridgehead atoms. The van der Waals surface area contributed by atoms with Crippen LogP contribution >= 0.6 is 11.3 Å². The van der Waals surface area contributed by atoms with Gasteiger partial charge in [0.2, 0.25) is 0 Å². The molecule has 0 fully saturated rings. The van der Waals surface area contributed by atoms with Crippen LogP contribution in [0.5, 0.6) is 0 Å². The second-order valence-corrected chi connectivity index (χ2v) is 4.85. The Labute approximate surface area is 105 Å². The summed E-state index contributed by atoms with van der Waals surface area (Å²) in [7, 11) is 2.08. The lowest BCUT2D eigenvalue weighted by Crippen LogP contribution is -2.17. The Bertz CT molecular complexity index is 439. The zero-order chi connectivity index (χ0) is 12.1. The monoisotopic (exact) mass is 248 g/mol. The molecule has 90 valence electrons. The summed E-state index contributed by atoms with van der Waals surface area (Å²) in [5, 5.41) is 11.0. The van der Waals surface area contributed by atoms with Gasteiger partial charge in [0.25, 0.3) is 0 Å². The van der Waals surface area contributed by atoms with Crippen molar-refractivity contribution in [2.24, 2.45) is 0 Å². The second-order valence-electron chi connectivity index (χ2n) is 4.13. The van der Waals surface area contributed by atoms with Gasteiger partial charge in [0, 0.05) is 18.5 Å². The first-order chi connectivity index (χ1) is 8.28. The molecule has 0 saturated carbocycles. The van der Waals surface area contributed by atoms with Crippen molar-refractivity contribution in [3.8, 4) is 0 Å². The van der Waals surface area contributed by atoms with Gasteiger partial charge in [0.1, 0.15) is 0 Å². The van der Waals surface area contributed by atoms with E-state index < -0.39 is 0 Å². The molecule has 0 aliphatic rings. The largest absolute Gasteiger partial charge is 0.392 e. The number of aromatic nitrogens is 1. The fraction of sp³-hybridized carbons (Fsp3) is 0.308. The molecule has 0 amide bonds. The van der Waals surface area contributed by atoms with Crippen molar-refractivity contribution in [2.75, 3.05) is 7.05 Å². The first kappa shape index (κ1) is 12.2. The predicted octanol–water partition coefficient (Wildman–Crippen LogP) is 2.27. The van der Waals surface area contributed by atoms with Gasteiger partial charge in [-0.3, -0.25) is 4.90 Å². The molecule has 3 nitrogen and oxygen atoms in total. The van der Waals surface area contributed by atoms with Crippen LogP contribution in [0.3, 0.4) is 0 Å². The third kappa shape index (κ3) is 3.63. The Morgan fingerprint density at radius 1 is 1.18 bits per heavy atom. The number of hydrogen-bond donors (Lipinski definition) is 1. The zero-order valence-corrected chi connectivity index (χ0v) is 10.7. The lowest BCUT2D eigenvalue weighted by Gasteiger charge is -2.15. The van der Waals surface area contributed by atoms with Crippen LogP contribution in [0.15, 0.2) is 35.2 Å². The van der Waals surface area contributed by atoms with Crippen LogP contribution in [0.1, 0.15) is 16.8 Å². The van der Waals surface area contributed by atoms with E-state index in [9.17, 15) is 0 Å². The summed E-state index contributed by atoms with van der Waals surface area (Å²) in [4.78, 5) is 6.49. The normalized spacial score (nSPS) is 11.0. The summed E-state index contributed by atoms with van der Waals surface area (Å²) in [6.07, 6.45) is 0. The van der Waals surface area contributed by atoms with Crippen LogP contribution in [0.4, 0.5) is 0 Å². The number of aliphatic hydroxyl groups excluding tert-OH is 1. The van der Waals surface area contributed by atoms with Gasteiger partial charge in [0.15, 0.2) is 0 Å². The smallest absolute Gasteiger partial charge is 0.0795 e. The average Bonchev–Trinajstić information content (AvgIpc) is 2.82. The molecule has 0 radical (unpaired) electrons. The van der Waals surface area contributed by atoms with Crippen molar-refractivity contribution >= 4 is 11.3 Å². The molecule has 1 aromatic carbocycles. The molecule has 0 atom stereocenters. The minimum atomic E-state index is 0.106. The molecule has 4 heteroatoms. The average molecular weight is 248 g/mol. The lowest BCUT2D eigenvalue weighted by molar-refractivity contribution is 0.281. The molecule has 1 aromatic heterocycles. The van der Waals surface area contributed by atoms with Crippen LogP contribution in [0.2, 0.25) is 0 Å². The predicted molar refractivity (Wildman–Crippen MR) is 69.6 cm³/mol. The quantitative estimate of drug-likeness (QED) is 0.882. The maximum Gasteiger partial charge on any atom is 0.0795 e. The number of nitrogens with zero attached hydrogens (tertiary/aromatic N) is 2. The van der Waals surface area contributed by atoms with Crippen LogP contribution in [0.25, 0.3) is 0 Å². The van der Waals surface area contributed by atoms with E-state index in [-0.39, 0.29) is 6.61 Å². The molecule has 0 saturated heterocycles. The van der Waals surface area contributed by atoms with Crippen molar-refractivity contribution < 1.29 is 5.11 Å². The summed E-state index contributed by atoms with van der Waals surface area (Å²) >= 11 is 1.63. The summed E-state index contributed by atoms with van der Waals surface area (Å²) in [6.45, 7) is 1.86. The van der Waals surface area contributed by atoms with Gasteiger partial charge in [-0.25, -0.2) is 4.98 Å². The third-order valence-corrected chi connectivity index (χ3v) is 3.21. The van der Waals surface area contributed by atoms with Gasteiger partial charge in [-0.05, 0) is 18.2 Å². The van der Waals surface area contributed by atoms with E-state index in [0.717, 1.165) is 24.3 Å². The van der Waals surface area contributed by atoms with Gasteiger partial charge in [0.05, 0.1) is 17.8 Å². The van der Waals surface area contributed by atoms with Gasteiger partial charge in [-0.1, -0.05) is 24.3 Å². The van der Waals surface area contributed by atoms with Crippen molar-refractivity contribution in [1.82, 2.24) is 9.88 Å². The highest BCUT2D eigenvalue weighted by atomic mass is 32.1. The molecule has 0 spiro atoms. The van der Waals surface area contributed by atoms with Crippen molar-refractivity contribution in [2.45, 2.75) is 19.7 Å². The minimum Gasteiger partial charge on any atom is -0.392 e. The van der Waals surface area contributed by atoms with Gasteiger partial charge in [-0.15, -0.1) is 11.3 Å². The van der Waals surface area contributed by atoms with E-state index in [2.05, 4.69) is 34.4 Å². The molecule has 1 N–H and O–H groups in total. The highest BCUT2D eigenvalue weighted by Gasteiger charge is 2.03. The Hall–Kier alpha value is -1.23. The van der Waals surface area contributed by atoms with Gasteiger partial charge < -0.3 is 5.11 Å². The summed E-state index contributed by atoms with van der Waals surface area (Å²) in [5.74, 6) is 0. The fourth-order valence-corrected chi connectivity index (χ4v) is 2.26. The van der Waals surface area contributed by atoms with E-state index in [1.165, 1.54) is 5.56 Å². The van der Waals surface area contributed by atoms with E-state index in [1.807, 2.05) is 17.6 Å². The SMILES string of the molecule is CN(Cc1ccc(CO)cc1)Cc1cscn1. The van der Waals surface area contributed by atoms with Gasteiger partial charge >= 0.3 is 0 Å².